The molecule has 0 aliphatic heterocycles. The Kier molecular flexibility index (Phi) is 3.70. The summed E-state index contributed by atoms with van der Waals surface area (Å²) in [6.07, 6.45) is 6.10. The fraction of sp³-hybridized carbons (Fsp3) is 0.583. The number of aromatic nitrogens is 1. The van der Waals surface area contributed by atoms with Crippen LogP contribution in [0, 0.1) is 0 Å². The molecule has 1 aliphatic rings. The quantitative estimate of drug-likeness (QED) is 0.886. The first-order valence-electron chi connectivity index (χ1n) is 6.03. The van der Waals surface area contributed by atoms with Crippen LogP contribution in [0.1, 0.15) is 25.7 Å². The predicted molar refractivity (Wildman–Crippen MR) is 67.5 cm³/mol. The van der Waals surface area contributed by atoms with Crippen molar-refractivity contribution in [3.8, 4) is 0 Å². The van der Waals surface area contributed by atoms with Gasteiger partial charge in [-0.05, 0) is 25.0 Å². The first-order valence-corrected chi connectivity index (χ1v) is 7.47. The normalized spacial score (nSPS) is 19.3. The largest absolute Gasteiger partial charge is 0.389 e. The molecule has 1 aromatic heterocycles. The van der Waals surface area contributed by atoms with Crippen molar-refractivity contribution in [3.63, 3.8) is 0 Å². The first-order chi connectivity index (χ1) is 8.44. The van der Waals surface area contributed by atoms with Crippen LogP contribution in [0.25, 0.3) is 0 Å². The van der Waals surface area contributed by atoms with E-state index in [9.17, 15) is 13.5 Å². The minimum absolute atomic E-state index is 0.143. The molecular formula is C12H18N2O3S. The third-order valence-corrected chi connectivity index (χ3v) is 5.18. The molecule has 5 nitrogen and oxygen atoms in total. The van der Waals surface area contributed by atoms with Crippen LogP contribution in [0.2, 0.25) is 0 Å². The summed E-state index contributed by atoms with van der Waals surface area (Å²) in [5, 5.41) is 10.3. The van der Waals surface area contributed by atoms with Crippen molar-refractivity contribution in [3.05, 3.63) is 24.5 Å². The minimum Gasteiger partial charge on any atom is -0.389 e. The van der Waals surface area contributed by atoms with E-state index in [1.165, 1.54) is 29.8 Å². The first kappa shape index (κ1) is 13.5. The summed E-state index contributed by atoms with van der Waals surface area (Å²) in [6, 6.07) is 3.10. The van der Waals surface area contributed by atoms with Crippen LogP contribution in [0.3, 0.4) is 0 Å². The third kappa shape index (κ3) is 2.71. The highest BCUT2D eigenvalue weighted by Gasteiger charge is 2.35. The highest BCUT2D eigenvalue weighted by molar-refractivity contribution is 7.89. The molecule has 1 saturated carbocycles. The minimum atomic E-state index is -3.55. The van der Waals surface area contributed by atoms with Crippen molar-refractivity contribution in [1.82, 2.24) is 9.29 Å². The summed E-state index contributed by atoms with van der Waals surface area (Å²) >= 11 is 0. The standard InChI is InChI=1S/C12H18N2O3S/c1-14(10-12(15)6-2-3-7-12)18(16,17)11-5-4-8-13-9-11/h4-5,8-9,15H,2-3,6-7,10H2,1H3. The van der Waals surface area contributed by atoms with Crippen molar-refractivity contribution in [2.75, 3.05) is 13.6 Å². The number of likely N-dealkylation sites (N-methyl/N-ethyl adjacent to an activating group) is 1. The fourth-order valence-corrected chi connectivity index (χ4v) is 3.59. The molecule has 1 heterocycles. The Morgan fingerprint density at radius 3 is 2.67 bits per heavy atom. The van der Waals surface area contributed by atoms with Gasteiger partial charge < -0.3 is 5.11 Å². The highest BCUT2D eigenvalue weighted by Crippen LogP contribution is 2.31. The van der Waals surface area contributed by atoms with Crippen LogP contribution in [0.15, 0.2) is 29.4 Å². The number of pyridine rings is 1. The summed E-state index contributed by atoms with van der Waals surface area (Å²) in [7, 11) is -2.06. The van der Waals surface area contributed by atoms with E-state index in [0.29, 0.717) is 12.8 Å². The van der Waals surface area contributed by atoms with E-state index in [0.717, 1.165) is 12.8 Å². The van der Waals surface area contributed by atoms with Gasteiger partial charge in [0.25, 0.3) is 0 Å². The monoisotopic (exact) mass is 270 g/mol. The molecule has 0 radical (unpaired) electrons. The van der Waals surface area contributed by atoms with Crippen LogP contribution < -0.4 is 0 Å². The van der Waals surface area contributed by atoms with Crippen LogP contribution in [-0.4, -0.2) is 42.0 Å². The van der Waals surface area contributed by atoms with Gasteiger partial charge in [0.1, 0.15) is 4.90 Å². The number of hydrogen-bond donors (Lipinski definition) is 1. The molecular weight excluding hydrogens is 252 g/mol. The Balaban J connectivity index is 2.16. The van der Waals surface area contributed by atoms with Gasteiger partial charge in [-0.25, -0.2) is 8.42 Å². The third-order valence-electron chi connectivity index (χ3n) is 3.39. The summed E-state index contributed by atoms with van der Waals surface area (Å²) in [6.45, 7) is 0.143. The van der Waals surface area contributed by atoms with Gasteiger partial charge in [-0.3, -0.25) is 4.98 Å². The van der Waals surface area contributed by atoms with Crippen molar-refractivity contribution >= 4 is 10.0 Å². The zero-order valence-corrected chi connectivity index (χ0v) is 11.2. The Labute approximate surface area is 108 Å². The maximum absolute atomic E-state index is 12.2. The second-order valence-electron chi connectivity index (χ2n) is 4.88. The molecule has 0 amide bonds. The van der Waals surface area contributed by atoms with Crippen LogP contribution in [0.4, 0.5) is 0 Å². The molecule has 18 heavy (non-hydrogen) atoms. The van der Waals surface area contributed by atoms with Crippen LogP contribution in [-0.2, 0) is 10.0 Å². The van der Waals surface area contributed by atoms with E-state index in [1.807, 2.05) is 0 Å². The van der Waals surface area contributed by atoms with Gasteiger partial charge >= 0.3 is 0 Å². The molecule has 1 N–H and O–H groups in total. The predicted octanol–water partition coefficient (Wildman–Crippen LogP) is 1.01. The summed E-state index contributed by atoms with van der Waals surface area (Å²) in [5.74, 6) is 0. The number of sulfonamides is 1. The van der Waals surface area contributed by atoms with Gasteiger partial charge in [-0.2, -0.15) is 4.31 Å². The average Bonchev–Trinajstić information content (AvgIpc) is 2.77. The Hall–Kier alpha value is -0.980. The molecule has 6 heteroatoms. The van der Waals surface area contributed by atoms with E-state index in [-0.39, 0.29) is 11.4 Å². The van der Waals surface area contributed by atoms with Crippen LogP contribution >= 0.6 is 0 Å². The van der Waals surface area contributed by atoms with Crippen LogP contribution in [0.5, 0.6) is 0 Å². The average molecular weight is 270 g/mol. The smallest absolute Gasteiger partial charge is 0.244 e. The number of nitrogens with zero attached hydrogens (tertiary/aromatic N) is 2. The number of rotatable bonds is 4. The van der Waals surface area contributed by atoms with Crippen molar-refractivity contribution in [2.45, 2.75) is 36.2 Å². The van der Waals surface area contributed by atoms with Crippen molar-refractivity contribution < 1.29 is 13.5 Å². The van der Waals surface area contributed by atoms with Crippen molar-refractivity contribution in [1.29, 1.82) is 0 Å². The molecule has 1 aromatic rings. The number of aliphatic hydroxyl groups is 1. The molecule has 1 aliphatic carbocycles. The van der Waals surface area contributed by atoms with E-state index in [1.54, 1.807) is 6.07 Å². The van der Waals surface area contributed by atoms with Gasteiger partial charge in [0, 0.05) is 26.0 Å². The SMILES string of the molecule is CN(CC1(O)CCCC1)S(=O)(=O)c1cccnc1. The molecule has 0 atom stereocenters. The van der Waals surface area contributed by atoms with Gasteiger partial charge in [-0.15, -0.1) is 0 Å². The molecule has 0 spiro atoms. The molecule has 0 aromatic carbocycles. The lowest BCUT2D eigenvalue weighted by molar-refractivity contribution is 0.0333. The molecule has 100 valence electrons. The molecule has 2 rings (SSSR count). The van der Waals surface area contributed by atoms with E-state index < -0.39 is 15.6 Å². The number of hydrogen-bond acceptors (Lipinski definition) is 4. The zero-order valence-electron chi connectivity index (χ0n) is 10.4. The fourth-order valence-electron chi connectivity index (χ4n) is 2.37. The molecule has 0 saturated heterocycles. The summed E-state index contributed by atoms with van der Waals surface area (Å²) < 4.78 is 25.7. The lowest BCUT2D eigenvalue weighted by Gasteiger charge is -2.27. The second kappa shape index (κ2) is 4.95. The van der Waals surface area contributed by atoms with E-state index in [4.69, 9.17) is 0 Å². The van der Waals surface area contributed by atoms with Gasteiger partial charge in [0.05, 0.1) is 5.60 Å². The second-order valence-corrected chi connectivity index (χ2v) is 6.93. The Bertz CT molecular complexity index is 495. The highest BCUT2D eigenvalue weighted by atomic mass is 32.2. The lowest BCUT2D eigenvalue weighted by atomic mass is 10.0. The summed E-state index contributed by atoms with van der Waals surface area (Å²) in [4.78, 5) is 3.98. The van der Waals surface area contributed by atoms with E-state index in [2.05, 4.69) is 4.98 Å². The molecule has 1 fully saturated rings. The van der Waals surface area contributed by atoms with Gasteiger partial charge in [0.2, 0.25) is 10.0 Å². The van der Waals surface area contributed by atoms with E-state index >= 15 is 0 Å². The maximum Gasteiger partial charge on any atom is 0.244 e. The molecule has 0 unspecified atom stereocenters. The lowest BCUT2D eigenvalue weighted by Crippen LogP contribution is -2.41. The topological polar surface area (TPSA) is 70.5 Å². The van der Waals surface area contributed by atoms with Crippen molar-refractivity contribution in [2.24, 2.45) is 0 Å². The Morgan fingerprint density at radius 2 is 2.11 bits per heavy atom. The Morgan fingerprint density at radius 1 is 1.44 bits per heavy atom. The zero-order chi connectivity index (χ0) is 13.2. The van der Waals surface area contributed by atoms with Gasteiger partial charge in [-0.1, -0.05) is 12.8 Å². The maximum atomic E-state index is 12.2. The molecule has 0 bridgehead atoms. The van der Waals surface area contributed by atoms with Gasteiger partial charge in [0.15, 0.2) is 0 Å². The summed E-state index contributed by atoms with van der Waals surface area (Å²) in [5.41, 5.74) is -0.871.